The highest BCUT2D eigenvalue weighted by Gasteiger charge is 2.19. The van der Waals surface area contributed by atoms with Crippen molar-refractivity contribution < 1.29 is 4.39 Å². The molecule has 0 saturated carbocycles. The first-order valence-electron chi connectivity index (χ1n) is 11.2. The van der Waals surface area contributed by atoms with E-state index in [0.717, 1.165) is 41.0 Å². The van der Waals surface area contributed by atoms with Crippen LogP contribution in [0.25, 0.3) is 11.8 Å². The maximum atomic E-state index is 13.6. The maximum absolute atomic E-state index is 13.6. The second-order valence-electron chi connectivity index (χ2n) is 8.59. The lowest BCUT2D eigenvalue weighted by molar-refractivity contribution is 0.503. The van der Waals surface area contributed by atoms with Gasteiger partial charge in [-0.05, 0) is 74.2 Å². The molecule has 0 saturated heterocycles. The summed E-state index contributed by atoms with van der Waals surface area (Å²) in [5.74, 6) is -0.291. The Kier molecular flexibility index (Phi) is 5.32. The van der Waals surface area contributed by atoms with Gasteiger partial charge in [-0.15, -0.1) is 0 Å². The molecule has 0 fully saturated rings. The van der Waals surface area contributed by atoms with Gasteiger partial charge in [-0.3, -0.25) is 14.4 Å². The van der Waals surface area contributed by atoms with Gasteiger partial charge in [0.1, 0.15) is 11.2 Å². The van der Waals surface area contributed by atoms with Crippen LogP contribution in [0.1, 0.15) is 41.8 Å². The number of benzene rings is 2. The van der Waals surface area contributed by atoms with Crippen LogP contribution in [0.4, 0.5) is 4.39 Å². The Morgan fingerprint density at radius 3 is 2.61 bits per heavy atom. The molecule has 0 radical (unpaired) electrons. The van der Waals surface area contributed by atoms with Crippen molar-refractivity contribution >= 4 is 6.08 Å². The molecule has 2 aromatic carbocycles. The fourth-order valence-electron chi connectivity index (χ4n) is 4.51. The van der Waals surface area contributed by atoms with E-state index < -0.39 is 0 Å². The zero-order chi connectivity index (χ0) is 23.1. The number of imidazole rings is 2. The molecule has 3 heterocycles. The molecule has 33 heavy (non-hydrogen) atoms. The summed E-state index contributed by atoms with van der Waals surface area (Å²) >= 11 is 0. The number of hydrogen-bond donors (Lipinski definition) is 0. The Hall–Kier alpha value is -3.74. The molecule has 0 unspecified atom stereocenters. The van der Waals surface area contributed by atoms with Crippen LogP contribution in [0.15, 0.2) is 64.8 Å². The van der Waals surface area contributed by atoms with Gasteiger partial charge in [-0.1, -0.05) is 18.2 Å². The maximum Gasteiger partial charge on any atom is 0.277 e. The van der Waals surface area contributed by atoms with Crippen molar-refractivity contribution in [2.75, 3.05) is 6.54 Å². The van der Waals surface area contributed by atoms with Gasteiger partial charge in [-0.25, -0.2) is 9.37 Å². The first-order chi connectivity index (χ1) is 15.9. The highest BCUT2D eigenvalue weighted by Crippen LogP contribution is 2.17. The Labute approximate surface area is 191 Å². The van der Waals surface area contributed by atoms with Crippen LogP contribution in [-0.2, 0) is 6.54 Å². The van der Waals surface area contributed by atoms with E-state index >= 15 is 0 Å². The first kappa shape index (κ1) is 21.1. The molecule has 1 aliphatic heterocycles. The minimum Gasteiger partial charge on any atom is -0.307 e. The molecule has 0 spiro atoms. The molecule has 7 heteroatoms. The summed E-state index contributed by atoms with van der Waals surface area (Å²) in [6, 6.07) is 12.2. The summed E-state index contributed by atoms with van der Waals surface area (Å²) in [4.78, 5) is 22.6. The van der Waals surface area contributed by atoms with E-state index in [2.05, 4.69) is 23.0 Å². The van der Waals surface area contributed by atoms with Gasteiger partial charge in [0.25, 0.3) is 5.56 Å². The fourth-order valence-corrected chi connectivity index (χ4v) is 4.51. The lowest BCUT2D eigenvalue weighted by Crippen LogP contribution is -2.35. The van der Waals surface area contributed by atoms with Crippen molar-refractivity contribution in [3.63, 3.8) is 0 Å². The second-order valence-corrected chi connectivity index (χ2v) is 8.59. The summed E-state index contributed by atoms with van der Waals surface area (Å²) in [5.41, 5.74) is 5.53. The lowest BCUT2D eigenvalue weighted by Gasteiger charge is -2.15. The largest absolute Gasteiger partial charge is 0.307 e. The molecular formula is C26H26FN5O. The highest BCUT2D eigenvalue weighted by atomic mass is 19.1. The van der Waals surface area contributed by atoms with Crippen LogP contribution < -0.4 is 16.5 Å². The fraction of sp³-hybridized carbons (Fsp3) is 0.269. The standard InChI is InChI=1S/C26H26FN5O/c1-17-13-20(5-10-23(17)30-15-18(2)29-16-30)14-24-25(33)32(26-28-11-4-12-31(24)26)19(3)21-6-8-22(27)9-7-21/h5-10,13-16,19H,4,11-12H2,1-3H3/b24-14-/t19-/m0/s1. The van der Waals surface area contributed by atoms with E-state index in [1.165, 1.54) is 12.1 Å². The van der Waals surface area contributed by atoms with Crippen molar-refractivity contribution in [2.45, 2.75) is 39.8 Å². The van der Waals surface area contributed by atoms with Crippen LogP contribution in [0, 0.1) is 19.7 Å². The van der Waals surface area contributed by atoms with E-state index in [4.69, 9.17) is 0 Å². The summed E-state index contributed by atoms with van der Waals surface area (Å²) < 4.78 is 19.2. The second kappa shape index (κ2) is 8.31. The Morgan fingerprint density at radius 1 is 1.12 bits per heavy atom. The van der Waals surface area contributed by atoms with Crippen LogP contribution in [0.5, 0.6) is 0 Å². The third-order valence-corrected chi connectivity index (χ3v) is 6.23. The molecule has 0 amide bonds. The quantitative estimate of drug-likeness (QED) is 0.487. The predicted molar refractivity (Wildman–Crippen MR) is 126 cm³/mol. The van der Waals surface area contributed by atoms with Crippen LogP contribution in [0.2, 0.25) is 0 Å². The van der Waals surface area contributed by atoms with Gasteiger partial charge >= 0.3 is 0 Å². The number of aromatic nitrogens is 4. The molecule has 0 bridgehead atoms. The normalized spacial score (nSPS) is 14.7. The Morgan fingerprint density at radius 2 is 1.91 bits per heavy atom. The van der Waals surface area contributed by atoms with Crippen LogP contribution >= 0.6 is 0 Å². The number of halogens is 1. The van der Waals surface area contributed by atoms with E-state index in [1.54, 1.807) is 16.7 Å². The SMILES string of the molecule is Cc1cn(-c2ccc(/C=c3/c(=O)n([C@@H](C)c4ccc(F)cc4)c4n3CCCN=4)cc2C)cn1. The van der Waals surface area contributed by atoms with Gasteiger partial charge in [0, 0.05) is 25.0 Å². The number of aryl methyl sites for hydroxylation is 2. The van der Waals surface area contributed by atoms with Crippen molar-refractivity contribution in [1.82, 2.24) is 18.7 Å². The Bertz CT molecular complexity index is 1510. The van der Waals surface area contributed by atoms with E-state index in [-0.39, 0.29) is 17.4 Å². The average molecular weight is 444 g/mol. The van der Waals surface area contributed by atoms with Crippen molar-refractivity contribution in [2.24, 2.45) is 4.99 Å². The minimum atomic E-state index is -0.291. The summed E-state index contributed by atoms with van der Waals surface area (Å²) in [6.07, 6.45) is 6.63. The molecule has 6 nitrogen and oxygen atoms in total. The minimum absolute atomic E-state index is 0.0839. The molecule has 2 aromatic heterocycles. The summed E-state index contributed by atoms with van der Waals surface area (Å²) in [6.45, 7) is 7.41. The van der Waals surface area contributed by atoms with E-state index in [9.17, 15) is 9.18 Å². The molecule has 0 N–H and O–H groups in total. The molecule has 4 aromatic rings. The monoisotopic (exact) mass is 443 g/mol. The van der Waals surface area contributed by atoms with Crippen molar-refractivity contribution in [1.29, 1.82) is 0 Å². The van der Waals surface area contributed by atoms with Gasteiger partial charge in [0.15, 0.2) is 0 Å². The lowest BCUT2D eigenvalue weighted by atomic mass is 10.1. The van der Waals surface area contributed by atoms with Gasteiger partial charge < -0.3 is 9.13 Å². The number of rotatable bonds is 4. The van der Waals surface area contributed by atoms with Gasteiger partial charge in [0.05, 0.1) is 18.1 Å². The predicted octanol–water partition coefficient (Wildman–Crippen LogP) is 3.05. The van der Waals surface area contributed by atoms with Crippen LogP contribution in [0.3, 0.4) is 0 Å². The number of hydrogen-bond acceptors (Lipinski definition) is 3. The first-order valence-corrected chi connectivity index (χ1v) is 11.2. The smallest absolute Gasteiger partial charge is 0.277 e. The van der Waals surface area contributed by atoms with E-state index in [1.807, 2.05) is 53.7 Å². The molecule has 0 aliphatic carbocycles. The zero-order valence-electron chi connectivity index (χ0n) is 19.0. The number of fused-ring (bicyclic) bond motifs is 1. The third-order valence-electron chi connectivity index (χ3n) is 6.23. The van der Waals surface area contributed by atoms with Crippen LogP contribution in [-0.4, -0.2) is 25.2 Å². The Balaban J connectivity index is 1.63. The van der Waals surface area contributed by atoms with E-state index in [0.29, 0.717) is 17.5 Å². The topological polar surface area (TPSA) is 57.1 Å². The van der Waals surface area contributed by atoms with Gasteiger partial charge in [-0.2, -0.15) is 0 Å². The summed E-state index contributed by atoms with van der Waals surface area (Å²) in [5, 5.41) is 0.619. The van der Waals surface area contributed by atoms with Gasteiger partial charge in [0.2, 0.25) is 5.62 Å². The third kappa shape index (κ3) is 3.84. The van der Waals surface area contributed by atoms with Crippen molar-refractivity contribution in [3.8, 4) is 5.69 Å². The molecular weight excluding hydrogens is 417 g/mol. The average Bonchev–Trinajstić information content (AvgIpc) is 3.35. The number of nitrogens with zero attached hydrogens (tertiary/aromatic N) is 5. The molecule has 1 aliphatic rings. The summed E-state index contributed by atoms with van der Waals surface area (Å²) in [7, 11) is 0. The molecule has 5 rings (SSSR count). The zero-order valence-corrected chi connectivity index (χ0v) is 19.0. The van der Waals surface area contributed by atoms with Crippen molar-refractivity contribution in [3.05, 3.63) is 105 Å². The molecule has 1 atom stereocenters. The highest BCUT2D eigenvalue weighted by molar-refractivity contribution is 5.54. The molecule has 168 valence electrons.